The van der Waals surface area contributed by atoms with E-state index in [9.17, 15) is 24.9 Å². The van der Waals surface area contributed by atoms with Crippen LogP contribution in [0.25, 0.3) is 0 Å². The fourth-order valence-corrected chi connectivity index (χ4v) is 1.49. The van der Waals surface area contributed by atoms with Gasteiger partial charge in [0.1, 0.15) is 11.9 Å². The first kappa shape index (κ1) is 17.1. The third-order valence-corrected chi connectivity index (χ3v) is 2.43. The number of carbonyl (C=O) groups excluding carboxylic acids is 2. The summed E-state index contributed by atoms with van der Waals surface area (Å²) in [6.07, 6.45) is -3.79. The third kappa shape index (κ3) is 5.50. The molecule has 1 aromatic carbocycles. The van der Waals surface area contributed by atoms with Gasteiger partial charge in [-0.1, -0.05) is 24.3 Å². The number of benzene rings is 1. The van der Waals surface area contributed by atoms with Crippen molar-refractivity contribution < 1.29 is 29.6 Å². The van der Waals surface area contributed by atoms with E-state index in [0.29, 0.717) is 22.3 Å². The summed E-state index contributed by atoms with van der Waals surface area (Å²) in [7, 11) is 0. The number of amides is 1. The first-order valence-corrected chi connectivity index (χ1v) is 6.25. The maximum atomic E-state index is 11.9. The lowest BCUT2D eigenvalue weighted by Crippen LogP contribution is -2.52. The molecule has 1 aromatic rings. The summed E-state index contributed by atoms with van der Waals surface area (Å²) >= 11 is 0. The van der Waals surface area contributed by atoms with Crippen molar-refractivity contribution in [3.05, 3.63) is 35.4 Å². The quantitative estimate of drug-likeness (QED) is 0.561. The molecule has 0 saturated heterocycles. The highest BCUT2D eigenvalue weighted by atomic mass is 16.7. The Kier molecular flexibility index (Phi) is 5.06. The van der Waals surface area contributed by atoms with Crippen molar-refractivity contribution in [2.24, 2.45) is 0 Å². The van der Waals surface area contributed by atoms with Crippen LogP contribution in [0.2, 0.25) is 0 Å². The summed E-state index contributed by atoms with van der Waals surface area (Å²) in [5, 5.41) is 27.9. The fraction of sp³-hybridized carbons (Fsp3) is 0.429. The van der Waals surface area contributed by atoms with E-state index >= 15 is 0 Å². The molecule has 0 unspecified atom stereocenters. The minimum absolute atomic E-state index is 0.308. The molecule has 0 bridgehead atoms. The number of nitrogens with zero attached hydrogens (tertiary/aromatic N) is 1. The monoisotopic (exact) mass is 297 g/mol. The van der Waals surface area contributed by atoms with E-state index in [-0.39, 0.29) is 6.54 Å². The normalized spacial score (nSPS) is 11.9. The van der Waals surface area contributed by atoms with Crippen molar-refractivity contribution in [1.82, 2.24) is 4.90 Å². The highest BCUT2D eigenvalue weighted by molar-refractivity contribution is 5.74. The first-order chi connectivity index (χ1) is 9.53. The van der Waals surface area contributed by atoms with Crippen LogP contribution in [0.3, 0.4) is 0 Å². The van der Waals surface area contributed by atoms with Gasteiger partial charge < -0.3 is 20.1 Å². The zero-order valence-corrected chi connectivity index (χ0v) is 12.1. The highest BCUT2D eigenvalue weighted by Crippen LogP contribution is 2.17. The number of hydrogen-bond acceptors (Lipinski definition) is 6. The van der Waals surface area contributed by atoms with Crippen molar-refractivity contribution in [3.8, 4) is 0 Å². The van der Waals surface area contributed by atoms with Crippen LogP contribution in [-0.4, -0.2) is 44.3 Å². The second-order valence-electron chi connectivity index (χ2n) is 5.53. The number of carbonyl (C=O) groups is 2. The van der Waals surface area contributed by atoms with Crippen LogP contribution in [0, 0.1) is 0 Å². The number of ether oxygens (including phenoxy) is 1. The molecule has 0 heterocycles. The Morgan fingerprint density at radius 3 is 2.10 bits per heavy atom. The predicted molar refractivity (Wildman–Crippen MR) is 73.0 cm³/mol. The lowest BCUT2D eigenvalue weighted by atomic mass is 10.1. The topological polar surface area (TPSA) is 107 Å². The van der Waals surface area contributed by atoms with E-state index < -0.39 is 17.8 Å². The van der Waals surface area contributed by atoms with Gasteiger partial charge in [-0.25, -0.2) is 9.69 Å². The van der Waals surface area contributed by atoms with Crippen molar-refractivity contribution in [2.45, 2.75) is 39.0 Å². The smallest absolute Gasteiger partial charge is 0.416 e. The summed E-state index contributed by atoms with van der Waals surface area (Å²) in [5.74, 6) is 0. The maximum absolute atomic E-state index is 11.9. The standard InChI is InChI=1S/C14H19NO6/c1-13(2,3)21-12(17)15(14(18,19)20)8-10-4-6-11(9-16)7-5-10/h4-7,9,18-20H,8H2,1-3H3. The van der Waals surface area contributed by atoms with E-state index in [1.54, 1.807) is 20.8 Å². The molecule has 3 N–H and O–H groups in total. The molecule has 0 radical (unpaired) electrons. The van der Waals surface area contributed by atoms with Gasteiger partial charge in [-0.3, -0.25) is 4.79 Å². The average Bonchev–Trinajstić information content (AvgIpc) is 2.33. The van der Waals surface area contributed by atoms with Crippen molar-refractivity contribution in [1.29, 1.82) is 0 Å². The second kappa shape index (κ2) is 6.21. The molecular formula is C14H19NO6. The Bertz CT molecular complexity index is 498. The number of aliphatic hydroxyl groups is 3. The molecule has 7 nitrogen and oxygen atoms in total. The average molecular weight is 297 g/mol. The molecular weight excluding hydrogens is 278 g/mol. The second-order valence-corrected chi connectivity index (χ2v) is 5.53. The Hall–Kier alpha value is -1.96. The first-order valence-electron chi connectivity index (χ1n) is 6.25. The van der Waals surface area contributed by atoms with Gasteiger partial charge in [-0.15, -0.1) is 0 Å². The zero-order chi connectivity index (χ0) is 16.3. The molecule has 0 atom stereocenters. The number of aldehydes is 1. The van der Waals surface area contributed by atoms with E-state index in [4.69, 9.17) is 4.74 Å². The summed E-state index contributed by atoms with van der Waals surface area (Å²) in [5.41, 5.74) is 0.0564. The number of hydrogen-bond donors (Lipinski definition) is 3. The summed E-state index contributed by atoms with van der Waals surface area (Å²) < 4.78 is 4.99. The molecule has 0 aliphatic rings. The Balaban J connectivity index is 2.93. The van der Waals surface area contributed by atoms with Crippen molar-refractivity contribution >= 4 is 12.4 Å². The van der Waals surface area contributed by atoms with Gasteiger partial charge in [-0.2, -0.15) is 0 Å². The van der Waals surface area contributed by atoms with E-state index in [2.05, 4.69) is 0 Å². The largest absolute Gasteiger partial charge is 0.444 e. The molecule has 7 heteroatoms. The molecule has 0 aliphatic carbocycles. The predicted octanol–water partition coefficient (Wildman–Crippen LogP) is 0.824. The zero-order valence-electron chi connectivity index (χ0n) is 12.1. The molecule has 0 fully saturated rings. The molecule has 116 valence electrons. The summed E-state index contributed by atoms with van der Waals surface area (Å²) in [6.45, 7) is 4.51. The lowest BCUT2D eigenvalue weighted by molar-refractivity contribution is -0.384. The van der Waals surface area contributed by atoms with Crippen molar-refractivity contribution in [3.63, 3.8) is 0 Å². The molecule has 1 amide bonds. The maximum Gasteiger partial charge on any atom is 0.416 e. The molecule has 0 saturated carbocycles. The molecule has 21 heavy (non-hydrogen) atoms. The molecule has 0 aliphatic heterocycles. The summed E-state index contributed by atoms with van der Waals surface area (Å²) in [6, 6.07) is 6.05. The van der Waals surface area contributed by atoms with Gasteiger partial charge in [0, 0.05) is 5.56 Å². The van der Waals surface area contributed by atoms with Crippen LogP contribution in [0.1, 0.15) is 36.7 Å². The van der Waals surface area contributed by atoms with Crippen molar-refractivity contribution in [2.75, 3.05) is 0 Å². The van der Waals surface area contributed by atoms with Gasteiger partial charge in [0.15, 0.2) is 0 Å². The number of rotatable bonds is 4. The minimum atomic E-state index is -3.36. The summed E-state index contributed by atoms with van der Waals surface area (Å²) in [4.78, 5) is 22.8. The molecule has 0 spiro atoms. The van der Waals surface area contributed by atoms with Gasteiger partial charge in [0.25, 0.3) is 0 Å². The lowest BCUT2D eigenvalue weighted by Gasteiger charge is -2.32. The van der Waals surface area contributed by atoms with Crippen LogP contribution >= 0.6 is 0 Å². The van der Waals surface area contributed by atoms with Crippen LogP contribution in [0.4, 0.5) is 4.79 Å². The minimum Gasteiger partial charge on any atom is -0.444 e. The van der Waals surface area contributed by atoms with E-state index in [1.807, 2.05) is 0 Å². The Morgan fingerprint density at radius 2 is 1.71 bits per heavy atom. The van der Waals surface area contributed by atoms with Gasteiger partial charge in [0.05, 0.1) is 6.54 Å². The van der Waals surface area contributed by atoms with E-state index in [1.165, 1.54) is 24.3 Å². The van der Waals surface area contributed by atoms with Crippen LogP contribution < -0.4 is 0 Å². The molecule has 1 rings (SSSR count). The van der Waals surface area contributed by atoms with Crippen LogP contribution in [0.5, 0.6) is 0 Å². The van der Waals surface area contributed by atoms with Crippen LogP contribution in [-0.2, 0) is 11.3 Å². The Morgan fingerprint density at radius 1 is 1.19 bits per heavy atom. The van der Waals surface area contributed by atoms with E-state index in [0.717, 1.165) is 0 Å². The van der Waals surface area contributed by atoms with Gasteiger partial charge in [-0.05, 0) is 26.3 Å². The fourth-order valence-electron chi connectivity index (χ4n) is 1.49. The van der Waals surface area contributed by atoms with Gasteiger partial charge in [0.2, 0.25) is 0 Å². The third-order valence-electron chi connectivity index (χ3n) is 2.43. The van der Waals surface area contributed by atoms with Crippen LogP contribution in [0.15, 0.2) is 24.3 Å². The molecule has 0 aromatic heterocycles. The van der Waals surface area contributed by atoms with Gasteiger partial charge >= 0.3 is 12.2 Å². The SMILES string of the molecule is CC(C)(C)OC(=O)N(Cc1ccc(C=O)cc1)C(O)(O)O. The Labute approximate surface area is 122 Å². The highest BCUT2D eigenvalue weighted by Gasteiger charge is 2.36.